The predicted octanol–water partition coefficient (Wildman–Crippen LogP) is 2.01. The maximum absolute atomic E-state index is 5.41. The second kappa shape index (κ2) is 6.20. The first-order valence-corrected chi connectivity index (χ1v) is 5.79. The molecule has 1 rings (SSSR count). The summed E-state index contributed by atoms with van der Waals surface area (Å²) in [4.78, 5) is 2.46. The highest BCUT2D eigenvalue weighted by Crippen LogP contribution is 2.26. The van der Waals surface area contributed by atoms with Gasteiger partial charge in [-0.2, -0.15) is 0 Å². The van der Waals surface area contributed by atoms with Crippen molar-refractivity contribution < 1.29 is 0 Å². The van der Waals surface area contributed by atoms with Crippen molar-refractivity contribution in [2.45, 2.75) is 38.6 Å². The number of nitrogens with zero attached hydrogens (tertiary/aromatic N) is 1. The molecular formula is C12H24N2. The molecule has 0 amide bonds. The lowest BCUT2D eigenvalue weighted by atomic mass is 9.86. The number of nitrogens with two attached hydrogens (primary N) is 1. The fourth-order valence-electron chi connectivity index (χ4n) is 2.29. The van der Waals surface area contributed by atoms with Crippen LogP contribution in [0.25, 0.3) is 0 Å². The predicted molar refractivity (Wildman–Crippen MR) is 62.2 cm³/mol. The molecule has 1 fully saturated rings. The lowest BCUT2D eigenvalue weighted by Gasteiger charge is -2.33. The molecule has 0 aromatic heterocycles. The van der Waals surface area contributed by atoms with E-state index in [0.29, 0.717) is 6.54 Å². The van der Waals surface area contributed by atoms with Crippen LogP contribution in [0, 0.1) is 5.92 Å². The zero-order valence-corrected chi connectivity index (χ0v) is 9.58. The van der Waals surface area contributed by atoms with E-state index in [1.54, 1.807) is 0 Å². The average Bonchev–Trinajstić information content (AvgIpc) is 2.18. The summed E-state index contributed by atoms with van der Waals surface area (Å²) in [7, 11) is 2.23. The van der Waals surface area contributed by atoms with Gasteiger partial charge in [-0.05, 0) is 25.8 Å². The van der Waals surface area contributed by atoms with Gasteiger partial charge in [0.15, 0.2) is 0 Å². The molecule has 14 heavy (non-hydrogen) atoms. The molecule has 2 heteroatoms. The van der Waals surface area contributed by atoms with Crippen molar-refractivity contribution in [3.05, 3.63) is 12.2 Å². The van der Waals surface area contributed by atoms with Gasteiger partial charge >= 0.3 is 0 Å². The van der Waals surface area contributed by atoms with Crippen LogP contribution in [-0.4, -0.2) is 31.1 Å². The zero-order valence-electron chi connectivity index (χ0n) is 9.58. The summed E-state index contributed by atoms with van der Waals surface area (Å²) in [6.07, 6.45) is 9.78. The van der Waals surface area contributed by atoms with E-state index in [2.05, 4.69) is 24.9 Å². The first-order chi connectivity index (χ1) is 6.74. The normalized spacial score (nSPS) is 28.9. The van der Waals surface area contributed by atoms with Gasteiger partial charge < -0.3 is 5.73 Å². The van der Waals surface area contributed by atoms with Gasteiger partial charge in [0.1, 0.15) is 0 Å². The molecule has 2 nitrogen and oxygen atoms in total. The average molecular weight is 196 g/mol. The van der Waals surface area contributed by atoms with Gasteiger partial charge in [-0.15, -0.1) is 0 Å². The molecule has 0 saturated heterocycles. The third-order valence-corrected chi connectivity index (χ3v) is 3.23. The van der Waals surface area contributed by atoms with Crippen LogP contribution in [0.15, 0.2) is 12.2 Å². The SMILES string of the molecule is CC1CCCC(N(C)CC=CCN)C1. The molecule has 0 aromatic carbocycles. The standard InChI is InChI=1S/C12H24N2/c1-11-6-5-7-12(10-11)14(2)9-4-3-8-13/h3-4,11-12H,5-10,13H2,1-2H3. The number of hydrogen-bond donors (Lipinski definition) is 1. The molecule has 0 aromatic rings. The van der Waals surface area contributed by atoms with E-state index in [1.165, 1.54) is 25.7 Å². The van der Waals surface area contributed by atoms with E-state index in [0.717, 1.165) is 18.5 Å². The van der Waals surface area contributed by atoms with Crippen molar-refractivity contribution in [1.82, 2.24) is 4.90 Å². The van der Waals surface area contributed by atoms with E-state index < -0.39 is 0 Å². The summed E-state index contributed by atoms with van der Waals surface area (Å²) in [5.41, 5.74) is 5.41. The van der Waals surface area contributed by atoms with Gasteiger partial charge in [-0.3, -0.25) is 4.90 Å². The second-order valence-corrected chi connectivity index (χ2v) is 4.57. The fourth-order valence-corrected chi connectivity index (χ4v) is 2.29. The van der Waals surface area contributed by atoms with Crippen LogP contribution in [0.3, 0.4) is 0 Å². The molecule has 0 spiro atoms. The van der Waals surface area contributed by atoms with Crippen molar-refractivity contribution in [1.29, 1.82) is 0 Å². The maximum Gasteiger partial charge on any atom is 0.0163 e. The Balaban J connectivity index is 2.28. The Labute approximate surface area is 88.2 Å². The lowest BCUT2D eigenvalue weighted by molar-refractivity contribution is 0.178. The quantitative estimate of drug-likeness (QED) is 0.697. The van der Waals surface area contributed by atoms with Gasteiger partial charge in [-0.25, -0.2) is 0 Å². The van der Waals surface area contributed by atoms with Crippen molar-refractivity contribution in [2.75, 3.05) is 20.1 Å². The highest BCUT2D eigenvalue weighted by atomic mass is 15.1. The molecule has 0 heterocycles. The largest absolute Gasteiger partial charge is 0.327 e. The van der Waals surface area contributed by atoms with E-state index >= 15 is 0 Å². The summed E-state index contributed by atoms with van der Waals surface area (Å²) in [5, 5.41) is 0. The third kappa shape index (κ3) is 3.81. The van der Waals surface area contributed by atoms with Gasteiger partial charge in [0.05, 0.1) is 0 Å². The second-order valence-electron chi connectivity index (χ2n) is 4.57. The van der Waals surface area contributed by atoms with Crippen LogP contribution in [0.2, 0.25) is 0 Å². The van der Waals surface area contributed by atoms with Crippen molar-refractivity contribution in [3.63, 3.8) is 0 Å². The smallest absolute Gasteiger partial charge is 0.0163 e. The minimum atomic E-state index is 0.662. The molecule has 2 N–H and O–H groups in total. The van der Waals surface area contributed by atoms with Gasteiger partial charge in [0.25, 0.3) is 0 Å². The maximum atomic E-state index is 5.41. The molecule has 0 aliphatic heterocycles. The van der Waals surface area contributed by atoms with Crippen molar-refractivity contribution in [2.24, 2.45) is 11.7 Å². The topological polar surface area (TPSA) is 29.3 Å². The Bertz CT molecular complexity index is 177. The van der Waals surface area contributed by atoms with E-state index in [9.17, 15) is 0 Å². The Morgan fingerprint density at radius 1 is 1.36 bits per heavy atom. The van der Waals surface area contributed by atoms with Crippen LogP contribution in [0.1, 0.15) is 32.6 Å². The summed E-state index contributed by atoms with van der Waals surface area (Å²) >= 11 is 0. The van der Waals surface area contributed by atoms with E-state index in [-0.39, 0.29) is 0 Å². The van der Waals surface area contributed by atoms with Crippen LogP contribution in [0.4, 0.5) is 0 Å². The zero-order chi connectivity index (χ0) is 10.4. The van der Waals surface area contributed by atoms with Crippen molar-refractivity contribution >= 4 is 0 Å². The number of likely N-dealkylation sites (N-methyl/N-ethyl adjacent to an activating group) is 1. The molecule has 82 valence electrons. The highest BCUT2D eigenvalue weighted by molar-refractivity contribution is 4.87. The van der Waals surface area contributed by atoms with Crippen LogP contribution in [0.5, 0.6) is 0 Å². The summed E-state index contributed by atoms with van der Waals surface area (Å²) in [6, 6.07) is 0.793. The van der Waals surface area contributed by atoms with Gasteiger partial charge in [0, 0.05) is 19.1 Å². The first kappa shape index (κ1) is 11.7. The molecular weight excluding hydrogens is 172 g/mol. The fraction of sp³-hybridized carbons (Fsp3) is 0.833. The summed E-state index contributed by atoms with van der Waals surface area (Å²) in [6.45, 7) is 4.08. The highest BCUT2D eigenvalue weighted by Gasteiger charge is 2.21. The monoisotopic (exact) mass is 196 g/mol. The van der Waals surface area contributed by atoms with Crippen molar-refractivity contribution in [3.8, 4) is 0 Å². The minimum absolute atomic E-state index is 0.662. The van der Waals surface area contributed by atoms with E-state index in [4.69, 9.17) is 5.73 Å². The first-order valence-electron chi connectivity index (χ1n) is 5.79. The lowest BCUT2D eigenvalue weighted by Crippen LogP contribution is -2.35. The van der Waals surface area contributed by atoms with Crippen LogP contribution in [-0.2, 0) is 0 Å². The molecule has 1 saturated carbocycles. The Hall–Kier alpha value is -0.340. The Kier molecular flexibility index (Phi) is 5.20. The Morgan fingerprint density at radius 2 is 2.14 bits per heavy atom. The molecule has 2 unspecified atom stereocenters. The number of hydrogen-bond acceptors (Lipinski definition) is 2. The molecule has 2 atom stereocenters. The molecule has 0 bridgehead atoms. The molecule has 1 aliphatic rings. The third-order valence-electron chi connectivity index (χ3n) is 3.23. The van der Waals surface area contributed by atoms with Crippen LogP contribution >= 0.6 is 0 Å². The summed E-state index contributed by atoms with van der Waals surface area (Å²) in [5.74, 6) is 0.912. The summed E-state index contributed by atoms with van der Waals surface area (Å²) < 4.78 is 0. The number of rotatable bonds is 4. The minimum Gasteiger partial charge on any atom is -0.327 e. The van der Waals surface area contributed by atoms with Crippen LogP contribution < -0.4 is 5.73 Å². The molecule has 1 aliphatic carbocycles. The molecule has 0 radical (unpaired) electrons. The van der Waals surface area contributed by atoms with Gasteiger partial charge in [-0.1, -0.05) is 31.9 Å². The van der Waals surface area contributed by atoms with E-state index in [1.807, 2.05) is 6.08 Å². The van der Waals surface area contributed by atoms with Gasteiger partial charge in [0.2, 0.25) is 0 Å². The Morgan fingerprint density at radius 3 is 2.79 bits per heavy atom.